The van der Waals surface area contributed by atoms with Gasteiger partial charge in [0.05, 0.1) is 29.6 Å². The molecule has 0 unspecified atom stereocenters. The Balaban J connectivity index is 2.69. The van der Waals surface area contributed by atoms with E-state index < -0.39 is 27.5 Å². The maximum Gasteiger partial charge on any atom is 0.420 e. The molecule has 2 N–H and O–H groups in total. The Labute approximate surface area is 120 Å². The second-order valence-electron chi connectivity index (χ2n) is 4.24. The minimum atomic E-state index is -4.64. The van der Waals surface area contributed by atoms with Gasteiger partial charge in [0, 0.05) is 0 Å². The molecule has 0 aliphatic heterocycles. The number of alkyl halides is 3. The monoisotopic (exact) mass is 322 g/mol. The zero-order valence-corrected chi connectivity index (χ0v) is 11.7. The van der Waals surface area contributed by atoms with Gasteiger partial charge in [0.25, 0.3) is 0 Å². The molecule has 0 heterocycles. The van der Waals surface area contributed by atoms with Crippen molar-refractivity contribution in [3.63, 3.8) is 0 Å². The Morgan fingerprint density at radius 3 is 2.48 bits per heavy atom. The molecule has 5 nitrogen and oxygen atoms in total. The predicted octanol–water partition coefficient (Wildman–Crippen LogP) is 2.02. The molecule has 0 fully saturated rings. The maximum atomic E-state index is 12.8. The molecule has 1 aromatic rings. The highest BCUT2D eigenvalue weighted by atomic mass is 32.2. The lowest BCUT2D eigenvalue weighted by molar-refractivity contribution is -0.139. The van der Waals surface area contributed by atoms with Gasteiger partial charge < -0.3 is 4.74 Å². The van der Waals surface area contributed by atoms with Crippen molar-refractivity contribution in [2.45, 2.75) is 19.0 Å². The van der Waals surface area contributed by atoms with Crippen molar-refractivity contribution in [2.75, 3.05) is 12.4 Å². The molecule has 0 saturated carbocycles. The van der Waals surface area contributed by atoms with Crippen LogP contribution in [-0.2, 0) is 16.2 Å². The van der Waals surface area contributed by atoms with Crippen LogP contribution in [0, 0.1) is 11.3 Å². The summed E-state index contributed by atoms with van der Waals surface area (Å²) in [5, 5.41) is 13.4. The Kier molecular flexibility index (Phi) is 5.57. The fraction of sp³-hybridized carbons (Fsp3) is 0.417. The highest BCUT2D eigenvalue weighted by Gasteiger charge is 2.34. The minimum absolute atomic E-state index is 0.0789. The number of nitrogens with zero attached hydrogens (tertiary/aromatic N) is 1. The molecule has 1 aromatic carbocycles. The van der Waals surface area contributed by atoms with E-state index in [1.165, 1.54) is 6.07 Å². The van der Waals surface area contributed by atoms with E-state index >= 15 is 0 Å². The van der Waals surface area contributed by atoms with Gasteiger partial charge in [-0.3, -0.25) is 0 Å². The van der Waals surface area contributed by atoms with Crippen LogP contribution in [-0.4, -0.2) is 20.8 Å². The Bertz CT molecular complexity index is 636. The molecule has 21 heavy (non-hydrogen) atoms. The normalized spacial score (nSPS) is 12.0. The summed E-state index contributed by atoms with van der Waals surface area (Å²) in [7, 11) is -3.58. The van der Waals surface area contributed by atoms with Gasteiger partial charge in [-0.2, -0.15) is 18.4 Å². The van der Waals surface area contributed by atoms with Crippen LogP contribution in [0.1, 0.15) is 24.0 Å². The molecular weight excluding hydrogens is 309 g/mol. The number of hydrogen-bond donors (Lipinski definition) is 1. The molecule has 9 heteroatoms. The Hall–Kier alpha value is -1.79. The lowest BCUT2D eigenvalue weighted by atomic mass is 10.1. The van der Waals surface area contributed by atoms with Crippen LogP contribution in [0.5, 0.6) is 5.75 Å². The smallest absolute Gasteiger partial charge is 0.420 e. The van der Waals surface area contributed by atoms with Crippen molar-refractivity contribution in [1.82, 2.24) is 0 Å². The van der Waals surface area contributed by atoms with Crippen LogP contribution in [0.2, 0.25) is 0 Å². The maximum absolute atomic E-state index is 12.8. The summed E-state index contributed by atoms with van der Waals surface area (Å²) in [6.45, 7) is -0.0789. The van der Waals surface area contributed by atoms with Gasteiger partial charge in [-0.1, -0.05) is 0 Å². The minimum Gasteiger partial charge on any atom is -0.493 e. The van der Waals surface area contributed by atoms with E-state index in [4.69, 9.17) is 15.1 Å². The summed E-state index contributed by atoms with van der Waals surface area (Å²) >= 11 is 0. The van der Waals surface area contributed by atoms with E-state index in [1.54, 1.807) is 6.07 Å². The molecule has 1 rings (SSSR count). The third-order valence-electron chi connectivity index (χ3n) is 2.49. The van der Waals surface area contributed by atoms with Crippen LogP contribution < -0.4 is 9.88 Å². The third-order valence-corrected chi connectivity index (χ3v) is 3.35. The topological polar surface area (TPSA) is 93.2 Å². The molecule has 0 aromatic heterocycles. The summed E-state index contributed by atoms with van der Waals surface area (Å²) < 4.78 is 64.8. The largest absolute Gasteiger partial charge is 0.493 e. The van der Waals surface area contributed by atoms with E-state index in [2.05, 4.69) is 0 Å². The number of nitrogens with two attached hydrogens (primary N) is 1. The molecule has 0 atom stereocenters. The number of benzene rings is 1. The molecule has 0 amide bonds. The van der Waals surface area contributed by atoms with E-state index in [0.717, 1.165) is 6.07 Å². The number of unbranched alkanes of at least 4 members (excludes halogenated alkanes) is 1. The summed E-state index contributed by atoms with van der Waals surface area (Å²) in [5.74, 6) is -0.646. The number of hydrogen-bond acceptors (Lipinski definition) is 4. The number of ether oxygens (including phenoxy) is 1. The van der Waals surface area contributed by atoms with Crippen molar-refractivity contribution >= 4 is 10.0 Å². The molecule has 0 spiro atoms. The van der Waals surface area contributed by atoms with Crippen LogP contribution >= 0.6 is 0 Å². The van der Waals surface area contributed by atoms with Gasteiger partial charge >= 0.3 is 6.18 Å². The van der Waals surface area contributed by atoms with Gasteiger partial charge in [-0.05, 0) is 31.0 Å². The van der Waals surface area contributed by atoms with E-state index in [-0.39, 0.29) is 30.8 Å². The lowest BCUT2D eigenvalue weighted by Crippen LogP contribution is -2.17. The number of nitriles is 1. The first-order valence-electron chi connectivity index (χ1n) is 5.88. The fourth-order valence-corrected chi connectivity index (χ4v) is 2.14. The Morgan fingerprint density at radius 2 is 1.95 bits per heavy atom. The zero-order chi connectivity index (χ0) is 16.1. The van der Waals surface area contributed by atoms with Gasteiger partial charge in [0.15, 0.2) is 0 Å². The number of halogens is 3. The van der Waals surface area contributed by atoms with E-state index in [0.29, 0.717) is 6.07 Å². The summed E-state index contributed by atoms with van der Waals surface area (Å²) in [5.41, 5.74) is -1.16. The molecule has 0 saturated heterocycles. The SMILES string of the molecule is N#Cc1ccc(OCCCCS(N)(=O)=O)c(C(F)(F)F)c1. The van der Waals surface area contributed by atoms with E-state index in [9.17, 15) is 21.6 Å². The predicted molar refractivity (Wildman–Crippen MR) is 68.9 cm³/mol. The van der Waals surface area contributed by atoms with Gasteiger partial charge in [0.1, 0.15) is 5.75 Å². The van der Waals surface area contributed by atoms with Gasteiger partial charge in [0.2, 0.25) is 10.0 Å². The first kappa shape index (κ1) is 17.3. The van der Waals surface area contributed by atoms with Gasteiger partial charge in [-0.25, -0.2) is 13.6 Å². The van der Waals surface area contributed by atoms with Crippen molar-refractivity contribution in [3.05, 3.63) is 29.3 Å². The molecule has 0 aliphatic rings. The second-order valence-corrected chi connectivity index (χ2v) is 5.98. The Morgan fingerprint density at radius 1 is 1.29 bits per heavy atom. The van der Waals surface area contributed by atoms with Crippen molar-refractivity contribution in [2.24, 2.45) is 5.14 Å². The fourth-order valence-electron chi connectivity index (χ4n) is 1.53. The van der Waals surface area contributed by atoms with Crippen LogP contribution in [0.15, 0.2) is 18.2 Å². The van der Waals surface area contributed by atoms with Crippen LogP contribution in [0.3, 0.4) is 0 Å². The quantitative estimate of drug-likeness (QED) is 0.811. The average Bonchev–Trinajstić information content (AvgIpc) is 2.36. The highest BCUT2D eigenvalue weighted by molar-refractivity contribution is 7.89. The molecular formula is C12H13F3N2O3S. The molecule has 0 bridgehead atoms. The standard InChI is InChI=1S/C12H13F3N2O3S/c13-12(14,15)10-7-9(8-16)3-4-11(10)20-5-1-2-6-21(17,18)19/h3-4,7H,1-2,5-6H2,(H2,17,18,19). The molecule has 116 valence electrons. The second kappa shape index (κ2) is 6.78. The summed E-state index contributed by atoms with van der Waals surface area (Å²) in [6, 6.07) is 4.62. The highest BCUT2D eigenvalue weighted by Crippen LogP contribution is 2.36. The lowest BCUT2D eigenvalue weighted by Gasteiger charge is -2.14. The van der Waals surface area contributed by atoms with Gasteiger partial charge in [-0.15, -0.1) is 0 Å². The first-order chi connectivity index (χ1) is 9.63. The average molecular weight is 322 g/mol. The van der Waals surface area contributed by atoms with Crippen molar-refractivity contribution in [3.8, 4) is 11.8 Å². The van der Waals surface area contributed by atoms with Crippen LogP contribution in [0.4, 0.5) is 13.2 Å². The molecule has 0 aliphatic carbocycles. The zero-order valence-electron chi connectivity index (χ0n) is 10.9. The van der Waals surface area contributed by atoms with E-state index in [1.807, 2.05) is 0 Å². The first-order valence-corrected chi connectivity index (χ1v) is 7.59. The number of primary sulfonamides is 1. The summed E-state index contributed by atoms with van der Waals surface area (Å²) in [4.78, 5) is 0. The number of rotatable bonds is 6. The molecule has 0 radical (unpaired) electrons. The van der Waals surface area contributed by atoms with Crippen molar-refractivity contribution < 1.29 is 26.3 Å². The number of sulfonamides is 1. The van der Waals surface area contributed by atoms with Crippen LogP contribution in [0.25, 0.3) is 0 Å². The summed E-state index contributed by atoms with van der Waals surface area (Å²) in [6.07, 6.45) is -4.20. The van der Waals surface area contributed by atoms with Crippen molar-refractivity contribution in [1.29, 1.82) is 5.26 Å². The third kappa shape index (κ3) is 6.01.